The van der Waals surface area contributed by atoms with Crippen LogP contribution in [0.4, 0.5) is 11.4 Å². The minimum atomic E-state index is -1.14. The molecule has 12 nitrogen and oxygen atoms in total. The number of ketones is 1. The molecule has 0 saturated heterocycles. The lowest BCUT2D eigenvalue weighted by Gasteiger charge is -2.29. The van der Waals surface area contributed by atoms with Gasteiger partial charge in [-0.15, -0.1) is 0 Å². The zero-order valence-corrected chi connectivity index (χ0v) is 19.5. The van der Waals surface area contributed by atoms with Crippen LogP contribution in [0.25, 0.3) is 0 Å². The topological polar surface area (TPSA) is 161 Å². The number of imide groups is 1. The van der Waals surface area contributed by atoms with Crippen LogP contribution >= 0.6 is 0 Å². The Kier molecular flexibility index (Phi) is 6.32. The van der Waals surface area contributed by atoms with E-state index in [1.165, 1.54) is 18.2 Å². The van der Waals surface area contributed by atoms with Crippen LogP contribution in [-0.4, -0.2) is 49.9 Å². The Morgan fingerprint density at radius 2 is 1.49 bits per heavy atom. The van der Waals surface area contributed by atoms with Crippen molar-refractivity contribution in [3.63, 3.8) is 0 Å². The van der Waals surface area contributed by atoms with Crippen LogP contribution in [0.2, 0.25) is 0 Å². The van der Waals surface area contributed by atoms with Crippen LogP contribution in [0.5, 0.6) is 0 Å². The van der Waals surface area contributed by atoms with Gasteiger partial charge in [0.1, 0.15) is 12.1 Å². The van der Waals surface area contributed by atoms with Gasteiger partial charge in [0.15, 0.2) is 5.78 Å². The van der Waals surface area contributed by atoms with Gasteiger partial charge < -0.3 is 0 Å². The monoisotopic (exact) mass is 502 g/mol. The van der Waals surface area contributed by atoms with Crippen LogP contribution in [0.3, 0.4) is 0 Å². The first-order chi connectivity index (χ1) is 17.5. The summed E-state index contributed by atoms with van der Waals surface area (Å²) in [4.78, 5) is 74.1. The third kappa shape index (κ3) is 4.43. The smallest absolute Gasteiger partial charge is 0.287 e. The summed E-state index contributed by atoms with van der Waals surface area (Å²) in [6, 6.07) is 12.7. The van der Waals surface area contributed by atoms with Gasteiger partial charge in [-0.25, -0.2) is 5.01 Å². The number of carbonyl (C=O) groups is 4. The number of nitro benzene ring substituents is 2. The van der Waals surface area contributed by atoms with E-state index in [0.717, 1.165) is 41.5 Å². The maximum atomic E-state index is 13.5. The third-order valence-corrected chi connectivity index (χ3v) is 5.99. The highest BCUT2D eigenvalue weighted by Gasteiger charge is 2.46. The first kappa shape index (κ1) is 24.9. The lowest BCUT2D eigenvalue weighted by Crippen LogP contribution is -2.51. The number of fused-ring (bicyclic) bond motifs is 1. The molecule has 0 N–H and O–H groups in total. The minimum Gasteiger partial charge on any atom is -0.292 e. The Labute approximate surface area is 209 Å². The molecular weight excluding hydrogens is 484 g/mol. The zero-order chi connectivity index (χ0) is 27.0. The number of amides is 3. The van der Waals surface area contributed by atoms with Gasteiger partial charge in [-0.3, -0.25) is 39.4 Å². The van der Waals surface area contributed by atoms with Crippen LogP contribution in [0, 0.1) is 34.1 Å². The van der Waals surface area contributed by atoms with Crippen molar-refractivity contribution in [3.05, 3.63) is 114 Å². The van der Waals surface area contributed by atoms with E-state index in [1.807, 2.05) is 6.92 Å². The van der Waals surface area contributed by atoms with Crippen molar-refractivity contribution in [1.82, 2.24) is 10.0 Å². The fourth-order valence-electron chi connectivity index (χ4n) is 3.88. The maximum Gasteiger partial charge on any atom is 0.287 e. The molecule has 0 aromatic heterocycles. The van der Waals surface area contributed by atoms with Gasteiger partial charge in [0.05, 0.1) is 15.4 Å². The summed E-state index contributed by atoms with van der Waals surface area (Å²) >= 11 is 0. The SMILES string of the molecule is Cc1ccc(C(=O)CN(C(=O)c2ccc([N+](=O)[O-])cc2)N2C(=O)c3cccc([N+](=O)[O-])c3C2=O)cc1C. The quantitative estimate of drug-likeness (QED) is 0.205. The Bertz CT molecular complexity index is 1510. The van der Waals surface area contributed by atoms with Crippen molar-refractivity contribution >= 4 is 34.9 Å². The van der Waals surface area contributed by atoms with Crippen LogP contribution < -0.4 is 0 Å². The minimum absolute atomic E-state index is 0.149. The predicted molar refractivity (Wildman–Crippen MR) is 128 cm³/mol. The van der Waals surface area contributed by atoms with Gasteiger partial charge in [-0.1, -0.05) is 18.2 Å². The molecule has 3 aromatic carbocycles. The lowest BCUT2D eigenvalue weighted by atomic mass is 10.0. The Balaban J connectivity index is 1.78. The third-order valence-electron chi connectivity index (χ3n) is 5.99. The number of rotatable bonds is 7. The number of hydrazine groups is 1. The van der Waals surface area contributed by atoms with Crippen LogP contribution in [0.15, 0.2) is 60.7 Å². The van der Waals surface area contributed by atoms with E-state index < -0.39 is 51.1 Å². The molecule has 0 radical (unpaired) electrons. The van der Waals surface area contributed by atoms with E-state index in [-0.39, 0.29) is 22.4 Å². The molecular formula is C25H18N4O8. The van der Waals surface area contributed by atoms with E-state index in [0.29, 0.717) is 10.0 Å². The molecule has 4 rings (SSSR count). The lowest BCUT2D eigenvalue weighted by molar-refractivity contribution is -0.385. The molecule has 3 amide bonds. The molecule has 1 heterocycles. The molecule has 186 valence electrons. The molecule has 0 saturated carbocycles. The van der Waals surface area contributed by atoms with Gasteiger partial charge in [-0.2, -0.15) is 5.01 Å². The van der Waals surface area contributed by atoms with E-state index in [2.05, 4.69) is 0 Å². The van der Waals surface area contributed by atoms with Crippen molar-refractivity contribution in [2.45, 2.75) is 13.8 Å². The Hall–Kier alpha value is -5.26. The number of benzene rings is 3. The van der Waals surface area contributed by atoms with Crippen molar-refractivity contribution in [1.29, 1.82) is 0 Å². The molecule has 0 fully saturated rings. The molecule has 0 aliphatic carbocycles. The average molecular weight is 502 g/mol. The zero-order valence-electron chi connectivity index (χ0n) is 19.5. The van der Waals surface area contributed by atoms with Crippen LogP contribution in [-0.2, 0) is 0 Å². The van der Waals surface area contributed by atoms with Crippen LogP contribution in [0.1, 0.15) is 52.6 Å². The number of hydrogen-bond acceptors (Lipinski definition) is 8. The largest absolute Gasteiger partial charge is 0.292 e. The van der Waals surface area contributed by atoms with E-state index in [1.54, 1.807) is 19.1 Å². The first-order valence-corrected chi connectivity index (χ1v) is 10.8. The molecule has 0 spiro atoms. The molecule has 1 aliphatic rings. The summed E-state index contributed by atoms with van der Waals surface area (Å²) in [5.41, 5.74) is 0.0689. The van der Waals surface area contributed by atoms with Gasteiger partial charge in [0.2, 0.25) is 0 Å². The highest BCUT2D eigenvalue weighted by atomic mass is 16.6. The second-order valence-electron chi connectivity index (χ2n) is 8.27. The van der Waals surface area contributed by atoms with Gasteiger partial charge in [-0.05, 0) is 49.2 Å². The van der Waals surface area contributed by atoms with E-state index >= 15 is 0 Å². The van der Waals surface area contributed by atoms with E-state index in [4.69, 9.17) is 0 Å². The summed E-state index contributed by atoms with van der Waals surface area (Å²) in [5.74, 6) is -3.75. The molecule has 37 heavy (non-hydrogen) atoms. The molecule has 0 atom stereocenters. The summed E-state index contributed by atoms with van der Waals surface area (Å²) in [6.45, 7) is 2.88. The van der Waals surface area contributed by atoms with Crippen molar-refractivity contribution in [2.75, 3.05) is 6.54 Å². The highest BCUT2D eigenvalue weighted by Crippen LogP contribution is 2.32. The number of nitrogens with zero attached hydrogens (tertiary/aromatic N) is 4. The molecule has 3 aromatic rings. The number of carbonyl (C=O) groups excluding carboxylic acids is 4. The summed E-state index contributed by atoms with van der Waals surface area (Å²) in [7, 11) is 0. The van der Waals surface area contributed by atoms with Crippen molar-refractivity contribution in [3.8, 4) is 0 Å². The second kappa shape index (κ2) is 9.41. The molecule has 0 bridgehead atoms. The first-order valence-electron chi connectivity index (χ1n) is 10.8. The van der Waals surface area contributed by atoms with Gasteiger partial charge in [0.25, 0.3) is 29.1 Å². The number of hydrogen-bond donors (Lipinski definition) is 0. The Morgan fingerprint density at radius 3 is 2.08 bits per heavy atom. The molecule has 1 aliphatic heterocycles. The summed E-state index contributed by atoms with van der Waals surface area (Å²) < 4.78 is 0. The van der Waals surface area contributed by atoms with Gasteiger partial charge >= 0.3 is 0 Å². The van der Waals surface area contributed by atoms with E-state index in [9.17, 15) is 39.4 Å². The molecule has 0 unspecified atom stereocenters. The fourth-order valence-corrected chi connectivity index (χ4v) is 3.88. The maximum absolute atomic E-state index is 13.5. The summed E-state index contributed by atoms with van der Waals surface area (Å²) in [6.07, 6.45) is 0. The normalized spacial score (nSPS) is 12.3. The predicted octanol–water partition coefficient (Wildman–Crippen LogP) is 3.66. The Morgan fingerprint density at radius 1 is 0.838 bits per heavy atom. The van der Waals surface area contributed by atoms with Gasteiger partial charge in [0, 0.05) is 29.3 Å². The number of Topliss-reactive ketones (excluding diaryl/α,β-unsaturated/α-hetero) is 1. The fraction of sp³-hybridized carbons (Fsp3) is 0.120. The number of non-ortho nitro benzene ring substituents is 1. The second-order valence-corrected chi connectivity index (χ2v) is 8.27. The summed E-state index contributed by atoms with van der Waals surface area (Å²) in [5, 5.41) is 23.5. The number of nitro groups is 2. The standard InChI is InChI=1S/C25H18N4O8/c1-14-6-7-17(12-15(14)2)21(30)13-26(23(31)16-8-10-18(11-9-16)28(34)35)27-24(32)19-4-3-5-20(29(36)37)22(19)25(27)33/h3-12H,13H2,1-2H3. The number of aryl methyl sites for hydroxylation is 2. The molecule has 12 heteroatoms. The average Bonchev–Trinajstić information content (AvgIpc) is 3.13. The van der Waals surface area contributed by atoms with Crippen molar-refractivity contribution < 1.29 is 29.0 Å². The van der Waals surface area contributed by atoms with Crippen molar-refractivity contribution in [2.24, 2.45) is 0 Å². The highest BCUT2D eigenvalue weighted by molar-refractivity contribution is 6.24.